The van der Waals surface area contributed by atoms with Gasteiger partial charge in [0.25, 0.3) is 6.71 Å². The molecule has 2 nitrogen and oxygen atoms in total. The fourth-order valence-electron chi connectivity index (χ4n) is 17.0. The second kappa shape index (κ2) is 15.2. The first-order valence-electron chi connectivity index (χ1n) is 30.0. The van der Waals surface area contributed by atoms with Crippen LogP contribution in [0.4, 0.5) is 34.1 Å². The molecule has 7 aromatic carbocycles. The van der Waals surface area contributed by atoms with E-state index in [9.17, 15) is 0 Å². The molecular formula is C74H81BN2S. The van der Waals surface area contributed by atoms with Crippen molar-refractivity contribution >= 4 is 88.7 Å². The lowest BCUT2D eigenvalue weighted by Crippen LogP contribution is -2.61. The van der Waals surface area contributed by atoms with Crippen molar-refractivity contribution in [2.75, 3.05) is 9.80 Å². The normalized spacial score (nSPS) is 23.2. The van der Waals surface area contributed by atoms with E-state index in [1.807, 2.05) is 0 Å². The lowest BCUT2D eigenvalue weighted by Gasteiger charge is -2.49. The number of hydrogen-bond donors (Lipinski definition) is 0. The Morgan fingerprint density at radius 3 is 1.59 bits per heavy atom. The average Bonchev–Trinajstić information content (AvgIpc) is 2.22. The molecule has 1 aromatic heterocycles. The summed E-state index contributed by atoms with van der Waals surface area (Å²) in [5.74, 6) is 0. The lowest BCUT2D eigenvalue weighted by atomic mass is 9.35. The fraction of sp³-hybridized carbons (Fsp3) is 0.432. The minimum absolute atomic E-state index is 0.00883. The van der Waals surface area contributed by atoms with Crippen LogP contribution in [-0.4, -0.2) is 6.71 Å². The Hall–Kier alpha value is -5.58. The zero-order valence-electron chi connectivity index (χ0n) is 49.9. The van der Waals surface area contributed by atoms with Crippen LogP contribution in [0.1, 0.15) is 211 Å². The maximum Gasteiger partial charge on any atom is 0.264 e. The van der Waals surface area contributed by atoms with Crippen molar-refractivity contribution in [1.29, 1.82) is 0 Å². The Balaban J connectivity index is 1.12. The minimum Gasteiger partial charge on any atom is -0.311 e. The van der Waals surface area contributed by atoms with E-state index in [1.165, 1.54) is 170 Å². The van der Waals surface area contributed by atoms with E-state index < -0.39 is 0 Å². The molecule has 3 aliphatic heterocycles. The highest BCUT2D eigenvalue weighted by Crippen LogP contribution is 2.60. The standard InChI is InChI=1S/C74H81BN2S/c1-42-31-61-64-62(32-42)77-59-39-55-52(69(6,7)25-27-71(55,10)11)36-48(59)47-34-44(33-43-19-17-18-20-46(43)47)74(16)30-29-73(14,15)54-38-58(60(77)40-57(54)74)75(64)66-65(49-37-53-56(41-63(49)78-66)72(12,13)28-26-70(53,8)9)76(61)45-21-22-50-51(35-45)68(4,5)24-23-67(50,2)3/h17-22,31-41H,23-30H2,1-16H3. The number of aryl methyl sites for hydroxylation is 1. The zero-order valence-corrected chi connectivity index (χ0v) is 50.7. The quantitative estimate of drug-likeness (QED) is 0.151. The van der Waals surface area contributed by atoms with Crippen LogP contribution >= 0.6 is 11.3 Å². The van der Waals surface area contributed by atoms with Gasteiger partial charge in [0.2, 0.25) is 0 Å². The summed E-state index contributed by atoms with van der Waals surface area (Å²) in [6, 6.07) is 43.7. The lowest BCUT2D eigenvalue weighted by molar-refractivity contribution is 0.332. The van der Waals surface area contributed by atoms with E-state index in [0.29, 0.717) is 0 Å². The maximum absolute atomic E-state index is 2.83. The number of benzene rings is 7. The van der Waals surface area contributed by atoms with Gasteiger partial charge < -0.3 is 9.80 Å². The molecule has 4 aliphatic carbocycles. The molecule has 8 aromatic rings. The second-order valence-corrected chi connectivity index (χ2v) is 32.0. The van der Waals surface area contributed by atoms with Gasteiger partial charge in [-0.05, 0) is 240 Å². The first-order chi connectivity index (χ1) is 36.6. The third-order valence-electron chi connectivity index (χ3n) is 22.6. The monoisotopic (exact) mass is 1040 g/mol. The second-order valence-electron chi connectivity index (χ2n) is 30.9. The number of hydrogen-bond acceptors (Lipinski definition) is 3. The summed E-state index contributed by atoms with van der Waals surface area (Å²) in [5.41, 5.74) is 28.8. The Bertz CT molecular complexity index is 4020. The number of fused-ring (bicyclic) bond motifs is 17. The summed E-state index contributed by atoms with van der Waals surface area (Å²) in [4.78, 5) is 5.63. The van der Waals surface area contributed by atoms with Gasteiger partial charge in [-0.3, -0.25) is 0 Å². The third-order valence-corrected chi connectivity index (χ3v) is 23.8. The van der Waals surface area contributed by atoms with E-state index in [4.69, 9.17) is 0 Å². The molecule has 4 bridgehead atoms. The molecule has 1 unspecified atom stereocenters. The first-order valence-corrected chi connectivity index (χ1v) is 30.8. The summed E-state index contributed by atoms with van der Waals surface area (Å²) in [6.07, 6.45) is 9.36. The third kappa shape index (κ3) is 6.51. The molecule has 396 valence electrons. The van der Waals surface area contributed by atoms with E-state index in [0.717, 1.165) is 12.8 Å². The summed E-state index contributed by atoms with van der Waals surface area (Å²) in [5, 5.41) is 4.10. The molecular weight excluding hydrogens is 960 g/mol. The van der Waals surface area contributed by atoms with Gasteiger partial charge in [-0.1, -0.05) is 146 Å². The van der Waals surface area contributed by atoms with Gasteiger partial charge in [0.15, 0.2) is 0 Å². The highest BCUT2D eigenvalue weighted by Gasteiger charge is 2.51. The largest absolute Gasteiger partial charge is 0.311 e. The van der Waals surface area contributed by atoms with Crippen molar-refractivity contribution in [3.63, 3.8) is 0 Å². The molecule has 4 heteroatoms. The van der Waals surface area contributed by atoms with Gasteiger partial charge in [0, 0.05) is 48.6 Å². The van der Waals surface area contributed by atoms with Crippen molar-refractivity contribution in [1.82, 2.24) is 0 Å². The first kappa shape index (κ1) is 49.5. The van der Waals surface area contributed by atoms with E-state index in [1.54, 1.807) is 5.56 Å². The molecule has 4 heterocycles. The number of nitrogens with zero attached hydrogens (tertiary/aromatic N) is 2. The Labute approximate surface area is 471 Å². The van der Waals surface area contributed by atoms with Gasteiger partial charge in [-0.25, -0.2) is 0 Å². The van der Waals surface area contributed by atoms with Crippen LogP contribution in [0.25, 0.3) is 32.0 Å². The molecule has 0 spiro atoms. The zero-order chi connectivity index (χ0) is 54.6. The van der Waals surface area contributed by atoms with Gasteiger partial charge >= 0.3 is 0 Å². The number of thiophene rings is 1. The van der Waals surface area contributed by atoms with Crippen LogP contribution in [0.15, 0.2) is 103 Å². The average molecular weight is 1040 g/mol. The number of rotatable bonds is 1. The fourth-order valence-corrected chi connectivity index (χ4v) is 18.3. The van der Waals surface area contributed by atoms with Crippen LogP contribution in [-0.2, 0) is 43.3 Å². The summed E-state index contributed by atoms with van der Waals surface area (Å²) in [7, 11) is 0. The molecule has 0 saturated carbocycles. The molecule has 0 fully saturated rings. The highest BCUT2D eigenvalue weighted by atomic mass is 32.1. The number of anilines is 6. The van der Waals surface area contributed by atoms with Gasteiger partial charge in [-0.15, -0.1) is 11.3 Å². The van der Waals surface area contributed by atoms with Crippen molar-refractivity contribution in [3.8, 4) is 11.1 Å². The predicted octanol–water partition coefficient (Wildman–Crippen LogP) is 18.9. The van der Waals surface area contributed by atoms with Crippen LogP contribution < -0.4 is 25.5 Å². The van der Waals surface area contributed by atoms with Crippen molar-refractivity contribution in [3.05, 3.63) is 159 Å². The molecule has 0 amide bonds. The smallest absolute Gasteiger partial charge is 0.264 e. The maximum atomic E-state index is 2.83. The molecule has 0 N–H and O–H groups in total. The summed E-state index contributed by atoms with van der Waals surface area (Å²) < 4.78 is 2.92. The Morgan fingerprint density at radius 2 is 0.936 bits per heavy atom. The highest BCUT2D eigenvalue weighted by molar-refractivity contribution is 7.33. The molecule has 78 heavy (non-hydrogen) atoms. The topological polar surface area (TPSA) is 6.48 Å². The molecule has 0 saturated heterocycles. The molecule has 0 radical (unpaired) electrons. The molecule has 15 rings (SSSR count). The van der Waals surface area contributed by atoms with Crippen LogP contribution in [0, 0.1) is 6.92 Å². The van der Waals surface area contributed by atoms with Crippen LogP contribution in [0.5, 0.6) is 0 Å². The van der Waals surface area contributed by atoms with E-state index in [2.05, 4.69) is 235 Å². The minimum atomic E-state index is -0.186. The van der Waals surface area contributed by atoms with Crippen LogP contribution in [0.3, 0.4) is 0 Å². The van der Waals surface area contributed by atoms with Gasteiger partial charge in [-0.2, -0.15) is 0 Å². The van der Waals surface area contributed by atoms with Crippen molar-refractivity contribution in [2.24, 2.45) is 0 Å². The van der Waals surface area contributed by atoms with Gasteiger partial charge in [0.1, 0.15) is 0 Å². The van der Waals surface area contributed by atoms with E-state index >= 15 is 0 Å². The van der Waals surface area contributed by atoms with Crippen LogP contribution in [0.2, 0.25) is 0 Å². The predicted molar refractivity (Wildman–Crippen MR) is 338 cm³/mol. The van der Waals surface area contributed by atoms with Gasteiger partial charge in [0.05, 0.1) is 11.4 Å². The Kier molecular flexibility index (Phi) is 9.67. The van der Waals surface area contributed by atoms with E-state index in [-0.39, 0.29) is 50.0 Å². The SMILES string of the molecule is Cc1cc2c3c(c1)N(c1ccc4c(c1)C(C)(C)CCC4(C)C)c1c(sc4cc5c(cc14)C(C)(C)CCC5(C)C)B3c1cc3c4cc1N2c1cc2c(cc1-c1cc(cc5ccccc15)C4(C)CCC3(C)C)C(C)(C)CCC2(C)C. The Morgan fingerprint density at radius 1 is 0.410 bits per heavy atom. The summed E-state index contributed by atoms with van der Waals surface area (Å²) in [6.45, 7) is 40.2. The summed E-state index contributed by atoms with van der Waals surface area (Å²) >= 11 is 2.11. The van der Waals surface area contributed by atoms with Crippen molar-refractivity contribution in [2.45, 2.75) is 205 Å². The van der Waals surface area contributed by atoms with Crippen molar-refractivity contribution < 1.29 is 0 Å². The molecule has 7 aliphatic rings. The molecule has 1 atom stereocenters.